The smallest absolute Gasteiger partial charge is 0.266 e. The van der Waals surface area contributed by atoms with Crippen LogP contribution in [-0.4, -0.2) is 4.79 Å². The van der Waals surface area contributed by atoms with Gasteiger partial charge in [-0.25, -0.2) is 0 Å². The summed E-state index contributed by atoms with van der Waals surface area (Å²) >= 11 is 0. The summed E-state index contributed by atoms with van der Waals surface area (Å²) in [5.41, 5.74) is 0.688. The van der Waals surface area contributed by atoms with Crippen LogP contribution in [0.2, 0.25) is 0 Å². The van der Waals surface area contributed by atoms with Crippen LogP contribution in [0.4, 0.5) is 4.48 Å². The minimum absolute atomic E-state index is 0.124. The van der Waals surface area contributed by atoms with Gasteiger partial charge in [0.1, 0.15) is 0 Å². The Morgan fingerprint density at radius 2 is 2.07 bits per heavy atom. The topological polar surface area (TPSA) is 22.0 Å². The van der Waals surface area contributed by atoms with E-state index in [0.29, 0.717) is 11.3 Å². The second-order valence-electron chi connectivity index (χ2n) is 4.05. The molecule has 0 bridgehead atoms. The van der Waals surface area contributed by atoms with Gasteiger partial charge in [0.15, 0.2) is 0 Å². The van der Waals surface area contributed by atoms with Crippen LogP contribution in [0.3, 0.4) is 0 Å². The van der Waals surface area contributed by atoms with Crippen molar-refractivity contribution >= 4 is 10.8 Å². The van der Waals surface area contributed by atoms with Gasteiger partial charge in [-0.1, -0.05) is 16.6 Å². The van der Waals surface area contributed by atoms with Crippen molar-refractivity contribution in [3.8, 4) is 0 Å². The molecule has 3 rings (SSSR count). The third-order valence-electron chi connectivity index (χ3n) is 2.93. The van der Waals surface area contributed by atoms with E-state index in [1.165, 1.54) is 24.6 Å². The van der Waals surface area contributed by atoms with E-state index < -0.39 is 5.56 Å². The van der Waals surface area contributed by atoms with E-state index in [4.69, 9.17) is 0 Å². The SMILES string of the molecule is O=c1c2ccc(C3CC3)cc2ccn1F. The standard InChI is InChI=1S/C12H10FNO/c13-14-6-5-10-7-9(8-1-2-8)3-4-11(10)12(14)15/h3-8H,1-2H2. The van der Waals surface area contributed by atoms with E-state index in [-0.39, 0.29) is 4.79 Å². The number of benzene rings is 1. The van der Waals surface area contributed by atoms with Gasteiger partial charge in [0, 0.05) is 11.6 Å². The van der Waals surface area contributed by atoms with E-state index in [9.17, 15) is 9.28 Å². The van der Waals surface area contributed by atoms with Crippen molar-refractivity contribution in [3.05, 3.63) is 46.4 Å². The van der Waals surface area contributed by atoms with Gasteiger partial charge in [0.05, 0.1) is 0 Å². The predicted octanol–water partition coefficient (Wildman–Crippen LogP) is 2.61. The van der Waals surface area contributed by atoms with Crippen molar-refractivity contribution in [2.24, 2.45) is 0 Å². The number of hydrogen-bond acceptors (Lipinski definition) is 1. The quantitative estimate of drug-likeness (QED) is 0.698. The predicted molar refractivity (Wildman–Crippen MR) is 56.7 cm³/mol. The van der Waals surface area contributed by atoms with Gasteiger partial charge in [-0.2, -0.15) is 0 Å². The molecule has 0 saturated heterocycles. The van der Waals surface area contributed by atoms with Gasteiger partial charge < -0.3 is 0 Å². The molecule has 0 N–H and O–H groups in total. The van der Waals surface area contributed by atoms with E-state index >= 15 is 0 Å². The molecule has 0 aliphatic heterocycles. The van der Waals surface area contributed by atoms with Gasteiger partial charge in [0.2, 0.25) is 0 Å². The van der Waals surface area contributed by atoms with Crippen molar-refractivity contribution < 1.29 is 4.48 Å². The van der Waals surface area contributed by atoms with E-state index in [1.54, 1.807) is 12.1 Å². The van der Waals surface area contributed by atoms with Gasteiger partial charge in [-0.05, 0) is 41.8 Å². The molecule has 1 aliphatic rings. The number of rotatable bonds is 1. The third-order valence-corrected chi connectivity index (χ3v) is 2.93. The lowest BCUT2D eigenvalue weighted by Crippen LogP contribution is -2.12. The van der Waals surface area contributed by atoms with Crippen LogP contribution in [0.1, 0.15) is 24.3 Å². The lowest BCUT2D eigenvalue weighted by Gasteiger charge is -2.01. The van der Waals surface area contributed by atoms with Crippen molar-refractivity contribution in [1.29, 1.82) is 0 Å². The highest BCUT2D eigenvalue weighted by Crippen LogP contribution is 2.40. The summed E-state index contributed by atoms with van der Waals surface area (Å²) in [5.74, 6) is 0.655. The van der Waals surface area contributed by atoms with E-state index in [2.05, 4.69) is 0 Å². The normalized spacial score (nSPS) is 15.8. The number of aromatic nitrogens is 1. The fourth-order valence-corrected chi connectivity index (χ4v) is 1.91. The second kappa shape index (κ2) is 2.92. The molecule has 3 heteroatoms. The fraction of sp³-hybridized carbons (Fsp3) is 0.250. The summed E-state index contributed by atoms with van der Waals surface area (Å²) in [7, 11) is 0. The number of fused-ring (bicyclic) bond motifs is 1. The summed E-state index contributed by atoms with van der Waals surface area (Å²) in [6, 6.07) is 7.29. The molecule has 1 saturated carbocycles. The molecule has 1 fully saturated rings. The molecule has 0 amide bonds. The average molecular weight is 203 g/mol. The highest BCUT2D eigenvalue weighted by molar-refractivity contribution is 5.82. The molecule has 76 valence electrons. The lowest BCUT2D eigenvalue weighted by atomic mass is 10.1. The Bertz CT molecular complexity index is 584. The number of hydrogen-bond donors (Lipinski definition) is 0. The zero-order chi connectivity index (χ0) is 10.4. The van der Waals surface area contributed by atoms with Gasteiger partial charge >= 0.3 is 0 Å². The minimum Gasteiger partial charge on any atom is -0.266 e. The van der Waals surface area contributed by atoms with Crippen LogP contribution in [0.5, 0.6) is 0 Å². The van der Waals surface area contributed by atoms with Gasteiger partial charge in [0.25, 0.3) is 5.56 Å². The molecule has 1 aliphatic carbocycles. The summed E-state index contributed by atoms with van der Waals surface area (Å²) < 4.78 is 12.9. The maximum atomic E-state index is 12.9. The summed E-state index contributed by atoms with van der Waals surface area (Å²) in [5, 5.41) is 1.28. The molecule has 0 unspecified atom stereocenters. The van der Waals surface area contributed by atoms with Gasteiger partial charge in [-0.15, -0.1) is 4.79 Å². The highest BCUT2D eigenvalue weighted by Gasteiger charge is 2.23. The van der Waals surface area contributed by atoms with Crippen molar-refractivity contribution in [1.82, 2.24) is 4.79 Å². The molecule has 1 aromatic carbocycles. The molecule has 2 nitrogen and oxygen atoms in total. The second-order valence-corrected chi connectivity index (χ2v) is 4.05. The zero-order valence-electron chi connectivity index (χ0n) is 8.11. The van der Waals surface area contributed by atoms with Crippen LogP contribution in [-0.2, 0) is 0 Å². The molecule has 15 heavy (non-hydrogen) atoms. The molecule has 0 radical (unpaired) electrons. The van der Waals surface area contributed by atoms with Crippen molar-refractivity contribution in [3.63, 3.8) is 0 Å². The number of pyridine rings is 1. The Balaban J connectivity index is 2.28. The first kappa shape index (κ1) is 8.65. The number of nitrogens with zero attached hydrogens (tertiary/aromatic N) is 1. The molecule has 0 atom stereocenters. The molecule has 1 aromatic heterocycles. The Morgan fingerprint density at radius 1 is 1.27 bits per heavy atom. The Kier molecular flexibility index (Phi) is 1.69. The fourth-order valence-electron chi connectivity index (χ4n) is 1.91. The van der Waals surface area contributed by atoms with E-state index in [1.807, 2.05) is 12.1 Å². The highest BCUT2D eigenvalue weighted by atomic mass is 19.2. The Morgan fingerprint density at radius 3 is 2.80 bits per heavy atom. The van der Waals surface area contributed by atoms with Gasteiger partial charge in [-0.3, -0.25) is 4.79 Å². The summed E-state index contributed by atoms with van der Waals surface area (Å²) in [6.07, 6.45) is 3.62. The Labute approximate surface area is 85.9 Å². The zero-order valence-corrected chi connectivity index (χ0v) is 8.11. The lowest BCUT2D eigenvalue weighted by molar-refractivity contribution is 0.355. The molecular weight excluding hydrogens is 193 g/mol. The maximum Gasteiger partial charge on any atom is 0.286 e. The monoisotopic (exact) mass is 203 g/mol. The first-order valence-electron chi connectivity index (χ1n) is 5.07. The van der Waals surface area contributed by atoms with Crippen LogP contribution < -0.4 is 5.56 Å². The third kappa shape index (κ3) is 1.35. The maximum absolute atomic E-state index is 12.9. The van der Waals surface area contributed by atoms with Crippen molar-refractivity contribution in [2.75, 3.05) is 0 Å². The first-order chi connectivity index (χ1) is 7.25. The van der Waals surface area contributed by atoms with Crippen LogP contribution in [0.15, 0.2) is 35.3 Å². The van der Waals surface area contributed by atoms with Crippen LogP contribution in [0.25, 0.3) is 10.8 Å². The summed E-state index contributed by atoms with van der Waals surface area (Å²) in [6.45, 7) is 0. The molecular formula is C12H10FNO. The summed E-state index contributed by atoms with van der Waals surface area (Å²) in [4.78, 5) is 11.5. The minimum atomic E-state index is -0.574. The molecule has 2 aromatic rings. The first-order valence-corrected chi connectivity index (χ1v) is 5.07. The molecule has 1 heterocycles. The van der Waals surface area contributed by atoms with Crippen molar-refractivity contribution in [2.45, 2.75) is 18.8 Å². The largest absolute Gasteiger partial charge is 0.286 e. The van der Waals surface area contributed by atoms with Crippen LogP contribution in [0, 0.1) is 0 Å². The average Bonchev–Trinajstić information content (AvgIpc) is 3.07. The van der Waals surface area contributed by atoms with Crippen LogP contribution >= 0.6 is 0 Å². The Hall–Kier alpha value is -1.64. The number of halogens is 1. The van der Waals surface area contributed by atoms with E-state index in [0.717, 1.165) is 5.39 Å². The molecule has 0 spiro atoms.